The first kappa shape index (κ1) is 31.6. The zero-order valence-corrected chi connectivity index (χ0v) is 29.7. The van der Waals surface area contributed by atoms with Crippen molar-refractivity contribution >= 4 is 76.3 Å². The lowest BCUT2D eigenvalue weighted by atomic mass is 9.99. The van der Waals surface area contributed by atoms with Crippen LogP contribution in [0.4, 0.5) is 0 Å². The molecular weight excluding hydrogens is 617 g/mol. The van der Waals surface area contributed by atoms with E-state index in [2.05, 4.69) is 87.0 Å². The van der Waals surface area contributed by atoms with Gasteiger partial charge in [-0.15, -0.1) is 45.3 Å². The van der Waals surface area contributed by atoms with Crippen molar-refractivity contribution in [3.8, 4) is 31.0 Å². The molecule has 232 valence electrons. The summed E-state index contributed by atoms with van der Waals surface area (Å²) in [5.41, 5.74) is 0. The van der Waals surface area contributed by atoms with E-state index in [1.165, 1.54) is 89.0 Å². The molecule has 2 aromatic carbocycles. The van der Waals surface area contributed by atoms with Crippen LogP contribution in [0.25, 0.3) is 50.5 Å². The van der Waals surface area contributed by atoms with Crippen molar-refractivity contribution in [1.29, 1.82) is 0 Å². The Labute approximate surface area is 278 Å². The Morgan fingerprint density at radius 1 is 0.568 bits per heavy atom. The largest absolute Gasteiger partial charge is 0.489 e. The Morgan fingerprint density at radius 2 is 1.02 bits per heavy atom. The van der Waals surface area contributed by atoms with Crippen LogP contribution in [0.3, 0.4) is 0 Å². The summed E-state index contributed by atoms with van der Waals surface area (Å²) in [6.07, 6.45) is 9.66. The van der Waals surface area contributed by atoms with Crippen LogP contribution in [0.15, 0.2) is 59.3 Å². The SMILES string of the molecule is CCCCC(CC)COc1cc2c(cc1OCC(CC)CCCC)c1cc(-c3cccs3)sc1c1sc(-c3cccs3)cc21. The van der Waals surface area contributed by atoms with Gasteiger partial charge in [0.1, 0.15) is 0 Å². The van der Waals surface area contributed by atoms with Crippen molar-refractivity contribution in [3.05, 3.63) is 59.3 Å². The van der Waals surface area contributed by atoms with E-state index in [1.807, 2.05) is 45.3 Å². The van der Waals surface area contributed by atoms with Crippen LogP contribution >= 0.6 is 45.3 Å². The molecule has 0 spiro atoms. The molecule has 0 bridgehead atoms. The topological polar surface area (TPSA) is 18.5 Å². The van der Waals surface area contributed by atoms with Gasteiger partial charge < -0.3 is 9.47 Å². The van der Waals surface area contributed by atoms with E-state index in [-0.39, 0.29) is 0 Å². The van der Waals surface area contributed by atoms with Gasteiger partial charge in [-0.2, -0.15) is 0 Å². The number of ether oxygens (including phenoxy) is 2. The minimum atomic E-state index is 0.561. The van der Waals surface area contributed by atoms with Crippen LogP contribution in [0, 0.1) is 11.8 Å². The molecule has 0 aliphatic heterocycles. The fourth-order valence-corrected chi connectivity index (χ4v) is 10.2. The Balaban J connectivity index is 1.51. The minimum absolute atomic E-state index is 0.561. The van der Waals surface area contributed by atoms with Crippen molar-refractivity contribution in [2.45, 2.75) is 79.1 Å². The molecule has 0 aliphatic carbocycles. The van der Waals surface area contributed by atoms with Crippen molar-refractivity contribution in [3.63, 3.8) is 0 Å². The molecule has 0 saturated carbocycles. The standard InChI is InChI=1S/C38H44O2S4/c1-5-9-13-25(7-3)23-39-31-19-27-28(20-32(31)40-24-26(8-4)14-10-6-2)30-22-36(34-16-12-18-42-34)44-38(30)37-29(27)21-35(43-37)33-15-11-17-41-33/h11-12,15-22,25-26H,5-10,13-14,23-24H2,1-4H3. The van der Waals surface area contributed by atoms with Crippen LogP contribution in [-0.4, -0.2) is 13.2 Å². The van der Waals surface area contributed by atoms with Crippen LogP contribution in [0.5, 0.6) is 11.5 Å². The van der Waals surface area contributed by atoms with Gasteiger partial charge in [0.2, 0.25) is 0 Å². The molecular formula is C38H44O2S4. The first-order valence-corrected chi connectivity index (χ1v) is 19.8. The van der Waals surface area contributed by atoms with Gasteiger partial charge in [-0.1, -0.05) is 78.4 Å². The first-order chi connectivity index (χ1) is 21.6. The van der Waals surface area contributed by atoms with Crippen LogP contribution in [0.1, 0.15) is 79.1 Å². The summed E-state index contributed by atoms with van der Waals surface area (Å²) in [4.78, 5) is 5.34. The van der Waals surface area contributed by atoms with Crippen LogP contribution < -0.4 is 9.47 Å². The zero-order chi connectivity index (χ0) is 30.5. The summed E-state index contributed by atoms with van der Waals surface area (Å²) in [7, 11) is 0. The third-order valence-electron chi connectivity index (χ3n) is 8.90. The summed E-state index contributed by atoms with van der Waals surface area (Å²) >= 11 is 7.49. The van der Waals surface area contributed by atoms with E-state index in [1.54, 1.807) is 0 Å². The molecule has 6 aromatic rings. The average Bonchev–Trinajstić information content (AvgIpc) is 3.87. The molecule has 2 nitrogen and oxygen atoms in total. The fourth-order valence-electron chi connectivity index (χ4n) is 6.04. The van der Waals surface area contributed by atoms with Crippen molar-refractivity contribution in [2.24, 2.45) is 11.8 Å². The Morgan fingerprint density at radius 3 is 1.39 bits per heavy atom. The lowest BCUT2D eigenvalue weighted by molar-refractivity contribution is 0.199. The monoisotopic (exact) mass is 660 g/mol. The van der Waals surface area contributed by atoms with Gasteiger partial charge >= 0.3 is 0 Å². The molecule has 0 saturated heterocycles. The number of hydrogen-bond donors (Lipinski definition) is 0. The minimum Gasteiger partial charge on any atom is -0.489 e. The number of hydrogen-bond acceptors (Lipinski definition) is 6. The molecule has 6 heteroatoms. The predicted molar refractivity (Wildman–Crippen MR) is 199 cm³/mol. The Hall–Kier alpha value is -2.38. The number of thiophene rings is 4. The second-order valence-electron chi connectivity index (χ2n) is 12.0. The zero-order valence-electron chi connectivity index (χ0n) is 26.4. The van der Waals surface area contributed by atoms with Crippen LogP contribution in [-0.2, 0) is 0 Å². The van der Waals surface area contributed by atoms with Crippen molar-refractivity contribution in [2.75, 3.05) is 13.2 Å². The highest BCUT2D eigenvalue weighted by Gasteiger charge is 2.21. The van der Waals surface area contributed by atoms with E-state index in [9.17, 15) is 0 Å². The number of benzene rings is 2. The summed E-state index contributed by atoms with van der Waals surface area (Å²) in [6, 6.07) is 18.2. The highest BCUT2D eigenvalue weighted by Crippen LogP contribution is 2.50. The van der Waals surface area contributed by atoms with Gasteiger partial charge in [0.25, 0.3) is 0 Å². The highest BCUT2D eigenvalue weighted by atomic mass is 32.1. The lowest BCUT2D eigenvalue weighted by Crippen LogP contribution is -2.14. The van der Waals surface area contributed by atoms with Gasteiger partial charge in [0.15, 0.2) is 11.5 Å². The normalized spacial score (nSPS) is 13.3. The molecule has 0 radical (unpaired) electrons. The molecule has 4 aromatic heterocycles. The first-order valence-electron chi connectivity index (χ1n) is 16.4. The third kappa shape index (κ3) is 6.74. The Kier molecular flexibility index (Phi) is 10.6. The molecule has 6 rings (SSSR count). The quantitative estimate of drug-likeness (QED) is 0.103. The van der Waals surface area contributed by atoms with Gasteiger partial charge in [-0.3, -0.25) is 0 Å². The summed E-state index contributed by atoms with van der Waals surface area (Å²) in [6.45, 7) is 10.6. The summed E-state index contributed by atoms with van der Waals surface area (Å²) in [5, 5.41) is 9.53. The van der Waals surface area contributed by atoms with E-state index in [0.29, 0.717) is 11.8 Å². The summed E-state index contributed by atoms with van der Waals surface area (Å²) < 4.78 is 16.2. The van der Waals surface area contributed by atoms with E-state index >= 15 is 0 Å². The fraction of sp³-hybridized carbons (Fsp3) is 0.421. The van der Waals surface area contributed by atoms with Crippen molar-refractivity contribution in [1.82, 2.24) is 0 Å². The Bertz CT molecular complexity index is 1640. The average molecular weight is 661 g/mol. The van der Waals surface area contributed by atoms with Gasteiger partial charge in [-0.25, -0.2) is 0 Å². The predicted octanol–water partition coefficient (Wildman–Crippen LogP) is 13.9. The molecule has 0 amide bonds. The molecule has 0 fully saturated rings. The summed E-state index contributed by atoms with van der Waals surface area (Å²) in [5.74, 6) is 2.92. The van der Waals surface area contributed by atoms with Crippen LogP contribution in [0.2, 0.25) is 0 Å². The maximum absolute atomic E-state index is 6.73. The molecule has 0 N–H and O–H groups in total. The maximum Gasteiger partial charge on any atom is 0.161 e. The molecule has 0 aliphatic rings. The molecule has 2 unspecified atom stereocenters. The molecule has 4 heterocycles. The third-order valence-corrected chi connectivity index (χ3v) is 13.5. The smallest absolute Gasteiger partial charge is 0.161 e. The van der Waals surface area contributed by atoms with Gasteiger partial charge in [0, 0.05) is 30.3 Å². The van der Waals surface area contributed by atoms with E-state index < -0.39 is 0 Å². The number of unbranched alkanes of at least 4 members (excludes halogenated alkanes) is 2. The highest BCUT2D eigenvalue weighted by molar-refractivity contribution is 7.32. The second-order valence-corrected chi connectivity index (χ2v) is 16.0. The maximum atomic E-state index is 6.73. The molecule has 2 atom stereocenters. The van der Waals surface area contributed by atoms with E-state index in [0.717, 1.165) is 37.6 Å². The second kappa shape index (κ2) is 14.8. The number of fused-ring (bicyclic) bond motifs is 6. The number of rotatable bonds is 16. The molecule has 44 heavy (non-hydrogen) atoms. The van der Waals surface area contributed by atoms with Gasteiger partial charge in [-0.05, 0) is 82.6 Å². The van der Waals surface area contributed by atoms with Crippen molar-refractivity contribution < 1.29 is 9.47 Å². The van der Waals surface area contributed by atoms with E-state index in [4.69, 9.17) is 9.47 Å². The lowest BCUT2D eigenvalue weighted by Gasteiger charge is -2.21. The van der Waals surface area contributed by atoms with Gasteiger partial charge in [0.05, 0.1) is 22.6 Å².